The van der Waals surface area contributed by atoms with Crippen LogP contribution < -0.4 is 0 Å². The summed E-state index contributed by atoms with van der Waals surface area (Å²) in [6, 6.07) is 29.8. The molecule has 28 heavy (non-hydrogen) atoms. The van der Waals surface area contributed by atoms with Crippen LogP contribution in [0.5, 0.6) is 0 Å². The summed E-state index contributed by atoms with van der Waals surface area (Å²) in [6.45, 7) is 3.49. The zero-order chi connectivity index (χ0) is 19.8. The molecule has 0 unspecified atom stereocenters. The number of rotatable bonds is 9. The fourth-order valence-corrected chi connectivity index (χ4v) is 3.70. The summed E-state index contributed by atoms with van der Waals surface area (Å²) >= 11 is 0. The van der Waals surface area contributed by atoms with Crippen molar-refractivity contribution in [1.29, 1.82) is 0 Å². The smallest absolute Gasteiger partial charge is 0.106 e. The van der Waals surface area contributed by atoms with Crippen LogP contribution >= 0.6 is 0 Å². The molecular formula is C25H29NO2. The zero-order valence-corrected chi connectivity index (χ0v) is 16.4. The second kappa shape index (κ2) is 10.2. The van der Waals surface area contributed by atoms with Crippen molar-refractivity contribution in [2.75, 3.05) is 0 Å². The number of hydrogen-bond acceptors (Lipinski definition) is 3. The third-order valence-electron chi connectivity index (χ3n) is 5.20. The number of hydrogen-bond donors (Lipinski definition) is 2. The summed E-state index contributed by atoms with van der Waals surface area (Å²) in [7, 11) is 0. The third kappa shape index (κ3) is 5.29. The normalized spacial score (nSPS) is 14.6. The Bertz CT molecular complexity index is 766. The average molecular weight is 376 g/mol. The Hall–Kier alpha value is -2.46. The molecular weight excluding hydrogens is 346 g/mol. The van der Waals surface area contributed by atoms with Crippen LogP contribution in [-0.2, 0) is 13.1 Å². The van der Waals surface area contributed by atoms with Crippen LogP contribution in [0.25, 0.3) is 0 Å². The van der Waals surface area contributed by atoms with Gasteiger partial charge in [-0.05, 0) is 23.1 Å². The summed E-state index contributed by atoms with van der Waals surface area (Å²) in [4.78, 5) is 2.27. The van der Waals surface area contributed by atoms with Crippen molar-refractivity contribution < 1.29 is 10.2 Å². The number of benzene rings is 3. The summed E-state index contributed by atoms with van der Waals surface area (Å²) in [5, 5.41) is 21.9. The SMILES string of the molecule is CC[C@H]([C@@H](O)[C@@H](O)c1ccccc1)N(Cc1ccccc1)Cc1ccccc1. The second-order valence-electron chi connectivity index (χ2n) is 7.20. The molecule has 146 valence electrons. The molecule has 0 amide bonds. The van der Waals surface area contributed by atoms with Gasteiger partial charge in [0.25, 0.3) is 0 Å². The van der Waals surface area contributed by atoms with Gasteiger partial charge in [-0.1, -0.05) is 97.9 Å². The maximum atomic E-state index is 11.1. The Morgan fingerprint density at radius 3 is 1.54 bits per heavy atom. The van der Waals surface area contributed by atoms with Gasteiger partial charge >= 0.3 is 0 Å². The number of aliphatic hydroxyl groups is 2. The van der Waals surface area contributed by atoms with E-state index in [1.165, 1.54) is 11.1 Å². The van der Waals surface area contributed by atoms with Crippen LogP contribution in [0.4, 0.5) is 0 Å². The highest BCUT2D eigenvalue weighted by atomic mass is 16.3. The number of nitrogens with zero attached hydrogens (tertiary/aromatic N) is 1. The zero-order valence-electron chi connectivity index (χ0n) is 16.4. The highest BCUT2D eigenvalue weighted by Gasteiger charge is 2.31. The van der Waals surface area contributed by atoms with Crippen molar-refractivity contribution in [3.05, 3.63) is 108 Å². The van der Waals surface area contributed by atoms with Gasteiger partial charge in [-0.25, -0.2) is 0 Å². The second-order valence-corrected chi connectivity index (χ2v) is 7.20. The fraction of sp³-hybridized carbons (Fsp3) is 0.280. The summed E-state index contributed by atoms with van der Waals surface area (Å²) in [5.74, 6) is 0. The first-order chi connectivity index (χ1) is 13.7. The van der Waals surface area contributed by atoms with E-state index in [-0.39, 0.29) is 6.04 Å². The van der Waals surface area contributed by atoms with Crippen LogP contribution in [0.1, 0.15) is 36.1 Å². The summed E-state index contributed by atoms with van der Waals surface area (Å²) in [6.07, 6.45) is -1.05. The van der Waals surface area contributed by atoms with Crippen LogP contribution in [0.15, 0.2) is 91.0 Å². The van der Waals surface area contributed by atoms with E-state index < -0.39 is 12.2 Å². The minimum Gasteiger partial charge on any atom is -0.388 e. The maximum absolute atomic E-state index is 11.1. The highest BCUT2D eigenvalue weighted by Crippen LogP contribution is 2.25. The van der Waals surface area contributed by atoms with E-state index in [1.807, 2.05) is 66.7 Å². The van der Waals surface area contributed by atoms with Crippen molar-refractivity contribution in [3.63, 3.8) is 0 Å². The molecule has 0 aliphatic rings. The molecule has 3 rings (SSSR count). The van der Waals surface area contributed by atoms with Crippen molar-refractivity contribution in [2.45, 2.75) is 44.7 Å². The molecule has 0 radical (unpaired) electrons. The lowest BCUT2D eigenvalue weighted by molar-refractivity contribution is -0.0464. The highest BCUT2D eigenvalue weighted by molar-refractivity contribution is 5.20. The molecule has 0 aliphatic carbocycles. The molecule has 0 aromatic heterocycles. The molecule has 0 aliphatic heterocycles. The van der Waals surface area contributed by atoms with Gasteiger partial charge < -0.3 is 10.2 Å². The van der Waals surface area contributed by atoms with Crippen LogP contribution in [0.2, 0.25) is 0 Å². The van der Waals surface area contributed by atoms with E-state index in [0.29, 0.717) is 13.1 Å². The Morgan fingerprint density at radius 2 is 1.11 bits per heavy atom. The molecule has 3 aromatic carbocycles. The Balaban J connectivity index is 1.84. The summed E-state index contributed by atoms with van der Waals surface area (Å²) in [5.41, 5.74) is 3.13. The molecule has 0 saturated carbocycles. The topological polar surface area (TPSA) is 43.7 Å². The van der Waals surface area contributed by atoms with E-state index in [9.17, 15) is 10.2 Å². The molecule has 0 heterocycles. The fourth-order valence-electron chi connectivity index (χ4n) is 3.70. The Labute approximate surface area is 167 Å². The maximum Gasteiger partial charge on any atom is 0.106 e. The minimum absolute atomic E-state index is 0.171. The standard InChI is InChI=1S/C25H29NO2/c1-2-23(25(28)24(27)22-16-10-5-11-17-22)26(18-20-12-6-3-7-13-20)19-21-14-8-4-9-15-21/h3-17,23-25,27-28H,2,18-19H2,1H3/t23-,24+,25-/m1/s1. The van der Waals surface area contributed by atoms with Gasteiger partial charge in [-0.3, -0.25) is 4.90 Å². The molecule has 3 nitrogen and oxygen atoms in total. The first-order valence-corrected chi connectivity index (χ1v) is 9.92. The molecule has 2 N–H and O–H groups in total. The minimum atomic E-state index is -0.916. The largest absolute Gasteiger partial charge is 0.388 e. The molecule has 0 saturated heterocycles. The lowest BCUT2D eigenvalue weighted by atomic mass is 9.95. The predicted molar refractivity (Wildman–Crippen MR) is 114 cm³/mol. The van der Waals surface area contributed by atoms with Crippen molar-refractivity contribution >= 4 is 0 Å². The van der Waals surface area contributed by atoms with Gasteiger partial charge in [-0.2, -0.15) is 0 Å². The summed E-state index contributed by atoms with van der Waals surface area (Å²) < 4.78 is 0. The third-order valence-corrected chi connectivity index (χ3v) is 5.20. The molecule has 3 heteroatoms. The van der Waals surface area contributed by atoms with Gasteiger partial charge in [0, 0.05) is 19.1 Å². The van der Waals surface area contributed by atoms with Crippen LogP contribution in [0.3, 0.4) is 0 Å². The molecule has 3 atom stereocenters. The Morgan fingerprint density at radius 1 is 0.679 bits per heavy atom. The van der Waals surface area contributed by atoms with Crippen LogP contribution in [0, 0.1) is 0 Å². The molecule has 0 bridgehead atoms. The van der Waals surface area contributed by atoms with Crippen molar-refractivity contribution in [3.8, 4) is 0 Å². The first-order valence-electron chi connectivity index (χ1n) is 9.92. The van der Waals surface area contributed by atoms with Gasteiger partial charge in [0.2, 0.25) is 0 Å². The van der Waals surface area contributed by atoms with E-state index in [1.54, 1.807) is 0 Å². The molecule has 3 aromatic rings. The molecule has 0 fully saturated rings. The van der Waals surface area contributed by atoms with E-state index >= 15 is 0 Å². The lowest BCUT2D eigenvalue weighted by Crippen LogP contribution is -2.45. The van der Waals surface area contributed by atoms with E-state index in [2.05, 4.69) is 36.1 Å². The van der Waals surface area contributed by atoms with Gasteiger partial charge in [0.1, 0.15) is 6.10 Å². The molecule has 0 spiro atoms. The quantitative estimate of drug-likeness (QED) is 0.576. The lowest BCUT2D eigenvalue weighted by Gasteiger charge is -2.36. The predicted octanol–water partition coefficient (Wildman–Crippen LogP) is 4.56. The van der Waals surface area contributed by atoms with E-state index in [0.717, 1.165) is 12.0 Å². The Kier molecular flexibility index (Phi) is 7.38. The van der Waals surface area contributed by atoms with Crippen molar-refractivity contribution in [1.82, 2.24) is 4.90 Å². The first kappa shape index (κ1) is 20.3. The van der Waals surface area contributed by atoms with Gasteiger partial charge in [-0.15, -0.1) is 0 Å². The van der Waals surface area contributed by atoms with Crippen molar-refractivity contribution in [2.24, 2.45) is 0 Å². The van der Waals surface area contributed by atoms with Gasteiger partial charge in [0.15, 0.2) is 0 Å². The average Bonchev–Trinajstić information content (AvgIpc) is 2.75. The number of aliphatic hydroxyl groups excluding tert-OH is 2. The van der Waals surface area contributed by atoms with Crippen LogP contribution in [-0.4, -0.2) is 27.3 Å². The monoisotopic (exact) mass is 375 g/mol. The van der Waals surface area contributed by atoms with Gasteiger partial charge in [0.05, 0.1) is 6.10 Å². The van der Waals surface area contributed by atoms with E-state index in [4.69, 9.17) is 0 Å².